The van der Waals surface area contributed by atoms with E-state index in [0.717, 1.165) is 4.90 Å². The quantitative estimate of drug-likeness (QED) is 0.768. The van der Waals surface area contributed by atoms with Crippen molar-refractivity contribution >= 4 is 46.0 Å². The van der Waals surface area contributed by atoms with Crippen LogP contribution in [0.1, 0.15) is 34.6 Å². The Morgan fingerprint density at radius 2 is 1.92 bits per heavy atom. The molecule has 3 amide bonds. The molecule has 25 heavy (non-hydrogen) atoms. The highest BCUT2D eigenvalue weighted by molar-refractivity contribution is 7.99. The zero-order valence-corrected chi connectivity index (χ0v) is 15.6. The molecule has 0 aliphatic carbocycles. The van der Waals surface area contributed by atoms with Gasteiger partial charge in [-0.15, -0.1) is 23.1 Å². The molecule has 0 bridgehead atoms. The Labute approximate surface area is 154 Å². The van der Waals surface area contributed by atoms with E-state index in [0.29, 0.717) is 15.8 Å². The highest BCUT2D eigenvalue weighted by Crippen LogP contribution is 2.26. The number of alkyl carbamates (subject to hydrolysis) is 1. The molecule has 1 aromatic carbocycles. The maximum atomic E-state index is 12.5. The Balaban J connectivity index is 2.13. The van der Waals surface area contributed by atoms with Gasteiger partial charge in [0.05, 0.1) is 12.7 Å². The van der Waals surface area contributed by atoms with Gasteiger partial charge in [-0.05, 0) is 29.6 Å². The number of imide groups is 1. The lowest BCUT2D eigenvalue weighted by atomic mass is 10.2. The van der Waals surface area contributed by atoms with Gasteiger partial charge in [0, 0.05) is 15.7 Å². The van der Waals surface area contributed by atoms with Crippen LogP contribution in [0.15, 0.2) is 40.6 Å². The van der Waals surface area contributed by atoms with Crippen LogP contribution in [0, 0.1) is 0 Å². The number of ether oxygens (including phenoxy) is 1. The van der Waals surface area contributed by atoms with Crippen molar-refractivity contribution < 1.29 is 19.1 Å². The van der Waals surface area contributed by atoms with Gasteiger partial charge in [-0.2, -0.15) is 0 Å². The molecule has 1 aromatic heterocycles. The number of methoxy groups -OCH3 is 1. The fourth-order valence-electron chi connectivity index (χ4n) is 1.95. The zero-order valence-electron chi connectivity index (χ0n) is 14.0. The fourth-order valence-corrected chi connectivity index (χ4v) is 3.63. The minimum absolute atomic E-state index is 0.205. The number of hydrogen-bond donors (Lipinski definition) is 2. The molecule has 0 atom stereocenters. The van der Waals surface area contributed by atoms with Crippen LogP contribution in [0.5, 0.6) is 0 Å². The molecule has 0 saturated carbocycles. The third-order valence-electron chi connectivity index (χ3n) is 3.01. The first kappa shape index (κ1) is 19.0. The number of thioether (sulfide) groups is 1. The van der Waals surface area contributed by atoms with Crippen LogP contribution in [-0.4, -0.2) is 30.3 Å². The standard InChI is InChI=1S/C17H18N2O4S2/c1-10(2)25-12-6-4-5-11(9-12)14(20)18-16-13(7-8-24-16)15(21)19-17(22)23-3/h4-10H,1-3H3,(H,18,20)(H,19,21,22). The Morgan fingerprint density at radius 1 is 1.16 bits per heavy atom. The van der Waals surface area contributed by atoms with Crippen LogP contribution >= 0.6 is 23.1 Å². The molecule has 132 valence electrons. The predicted molar refractivity (Wildman–Crippen MR) is 99.6 cm³/mol. The van der Waals surface area contributed by atoms with Gasteiger partial charge in [0.25, 0.3) is 11.8 Å². The van der Waals surface area contributed by atoms with Crippen LogP contribution in [0.2, 0.25) is 0 Å². The van der Waals surface area contributed by atoms with E-state index in [1.807, 2.05) is 18.2 Å². The molecule has 0 saturated heterocycles. The molecule has 2 aromatic rings. The maximum Gasteiger partial charge on any atom is 0.413 e. The average Bonchev–Trinajstić information content (AvgIpc) is 3.02. The predicted octanol–water partition coefficient (Wildman–Crippen LogP) is 4.00. The lowest BCUT2D eigenvalue weighted by Crippen LogP contribution is -2.30. The summed E-state index contributed by atoms with van der Waals surface area (Å²) in [6.45, 7) is 4.16. The number of carbonyl (C=O) groups excluding carboxylic acids is 3. The summed E-state index contributed by atoms with van der Waals surface area (Å²) in [7, 11) is 1.17. The lowest BCUT2D eigenvalue weighted by Gasteiger charge is -2.09. The number of nitrogens with one attached hydrogen (secondary N) is 2. The van der Waals surface area contributed by atoms with E-state index in [1.54, 1.807) is 23.2 Å². The van der Waals surface area contributed by atoms with Gasteiger partial charge in [-0.3, -0.25) is 14.9 Å². The van der Waals surface area contributed by atoms with Crippen LogP contribution < -0.4 is 10.6 Å². The van der Waals surface area contributed by atoms with Crippen molar-refractivity contribution in [1.29, 1.82) is 0 Å². The molecule has 0 aliphatic rings. The number of rotatable bonds is 5. The van der Waals surface area contributed by atoms with Crippen molar-refractivity contribution in [1.82, 2.24) is 5.32 Å². The van der Waals surface area contributed by atoms with E-state index >= 15 is 0 Å². The molecule has 0 unspecified atom stereocenters. The summed E-state index contributed by atoms with van der Waals surface area (Å²) in [5, 5.41) is 7.22. The molecule has 0 fully saturated rings. The van der Waals surface area contributed by atoms with Crippen LogP contribution in [0.25, 0.3) is 0 Å². The van der Waals surface area contributed by atoms with E-state index in [4.69, 9.17) is 0 Å². The average molecular weight is 378 g/mol. The molecular weight excluding hydrogens is 360 g/mol. The van der Waals surface area contributed by atoms with Crippen LogP contribution in [0.4, 0.5) is 9.80 Å². The topological polar surface area (TPSA) is 84.5 Å². The molecular formula is C17H18N2O4S2. The second-order valence-corrected chi connectivity index (χ2v) is 7.82. The van der Waals surface area contributed by atoms with Gasteiger partial charge in [-0.1, -0.05) is 19.9 Å². The van der Waals surface area contributed by atoms with E-state index in [2.05, 4.69) is 29.2 Å². The zero-order chi connectivity index (χ0) is 18.4. The summed E-state index contributed by atoms with van der Waals surface area (Å²) in [6, 6.07) is 8.81. The smallest absolute Gasteiger partial charge is 0.413 e. The van der Waals surface area contributed by atoms with Gasteiger partial charge in [0.1, 0.15) is 5.00 Å². The van der Waals surface area contributed by atoms with E-state index in [-0.39, 0.29) is 11.5 Å². The normalized spacial score (nSPS) is 10.4. The van der Waals surface area contributed by atoms with Gasteiger partial charge < -0.3 is 10.1 Å². The number of benzene rings is 1. The summed E-state index contributed by atoms with van der Waals surface area (Å²) < 4.78 is 4.40. The molecule has 2 N–H and O–H groups in total. The number of thiophene rings is 1. The Bertz CT molecular complexity index is 786. The van der Waals surface area contributed by atoms with Crippen LogP contribution in [0.3, 0.4) is 0 Å². The van der Waals surface area contributed by atoms with Gasteiger partial charge in [0.2, 0.25) is 0 Å². The van der Waals surface area contributed by atoms with Crippen molar-refractivity contribution in [3.05, 3.63) is 46.8 Å². The molecule has 8 heteroatoms. The Kier molecular flexibility index (Phi) is 6.60. The monoisotopic (exact) mass is 378 g/mol. The first-order chi connectivity index (χ1) is 11.9. The summed E-state index contributed by atoms with van der Waals surface area (Å²) in [5.74, 6) is -0.951. The Morgan fingerprint density at radius 3 is 2.60 bits per heavy atom. The molecule has 6 nitrogen and oxygen atoms in total. The largest absolute Gasteiger partial charge is 0.453 e. The summed E-state index contributed by atoms with van der Waals surface area (Å²) in [4.78, 5) is 36.7. The number of hydrogen-bond acceptors (Lipinski definition) is 6. The second kappa shape index (κ2) is 8.68. The van der Waals surface area contributed by atoms with Gasteiger partial charge >= 0.3 is 6.09 Å². The first-order valence-corrected chi connectivity index (χ1v) is 9.21. The molecule has 1 heterocycles. The summed E-state index contributed by atoms with van der Waals surface area (Å²) >= 11 is 2.86. The van der Waals surface area contributed by atoms with E-state index < -0.39 is 12.0 Å². The molecule has 0 aliphatic heterocycles. The number of anilines is 1. The number of carbonyl (C=O) groups is 3. The van der Waals surface area contributed by atoms with Crippen molar-refractivity contribution in [2.45, 2.75) is 24.0 Å². The minimum atomic E-state index is -0.855. The summed E-state index contributed by atoms with van der Waals surface area (Å²) in [5.41, 5.74) is 0.704. The third-order valence-corrected chi connectivity index (χ3v) is 4.83. The highest BCUT2D eigenvalue weighted by Gasteiger charge is 2.18. The van der Waals surface area contributed by atoms with Gasteiger partial charge in [0.15, 0.2) is 0 Å². The van der Waals surface area contributed by atoms with E-state index in [1.165, 1.54) is 24.5 Å². The SMILES string of the molecule is COC(=O)NC(=O)c1ccsc1NC(=O)c1cccc(SC(C)C)c1. The molecule has 0 radical (unpaired) electrons. The molecule has 0 spiro atoms. The summed E-state index contributed by atoms with van der Waals surface area (Å²) in [6.07, 6.45) is -0.855. The first-order valence-electron chi connectivity index (χ1n) is 7.45. The highest BCUT2D eigenvalue weighted by atomic mass is 32.2. The third kappa shape index (κ3) is 5.33. The maximum absolute atomic E-state index is 12.5. The fraction of sp³-hybridized carbons (Fsp3) is 0.235. The van der Waals surface area contributed by atoms with Crippen molar-refractivity contribution in [2.75, 3.05) is 12.4 Å². The van der Waals surface area contributed by atoms with Crippen molar-refractivity contribution in [3.63, 3.8) is 0 Å². The molecule has 2 rings (SSSR count). The minimum Gasteiger partial charge on any atom is -0.453 e. The number of amides is 3. The van der Waals surface area contributed by atoms with Gasteiger partial charge in [-0.25, -0.2) is 4.79 Å². The van der Waals surface area contributed by atoms with Crippen LogP contribution in [-0.2, 0) is 4.74 Å². The van der Waals surface area contributed by atoms with Crippen molar-refractivity contribution in [2.24, 2.45) is 0 Å². The second-order valence-electron chi connectivity index (χ2n) is 5.26. The van der Waals surface area contributed by atoms with E-state index in [9.17, 15) is 14.4 Å². The van der Waals surface area contributed by atoms with Crippen molar-refractivity contribution in [3.8, 4) is 0 Å². The lowest BCUT2D eigenvalue weighted by molar-refractivity contribution is 0.0938. The Hall–Kier alpha value is -2.32.